The molecular formula is C18H15NO4. The van der Waals surface area contributed by atoms with Crippen molar-refractivity contribution in [3.05, 3.63) is 42.0 Å². The van der Waals surface area contributed by atoms with Gasteiger partial charge in [0.15, 0.2) is 0 Å². The Balaban J connectivity index is 1.52. The second kappa shape index (κ2) is 3.91. The van der Waals surface area contributed by atoms with E-state index in [2.05, 4.69) is 12.2 Å². The quantitative estimate of drug-likeness (QED) is 0.670. The van der Waals surface area contributed by atoms with E-state index in [1.807, 2.05) is 0 Å². The van der Waals surface area contributed by atoms with E-state index in [9.17, 15) is 14.4 Å². The summed E-state index contributed by atoms with van der Waals surface area (Å²) in [5.41, 5.74) is 0.815. The molecule has 3 aliphatic carbocycles. The lowest BCUT2D eigenvalue weighted by atomic mass is 9.85. The van der Waals surface area contributed by atoms with Crippen molar-refractivity contribution in [2.24, 2.45) is 29.1 Å². The van der Waals surface area contributed by atoms with Crippen LogP contribution in [-0.4, -0.2) is 22.9 Å². The van der Waals surface area contributed by atoms with Crippen molar-refractivity contribution in [3.63, 3.8) is 0 Å². The second-order valence-electron chi connectivity index (χ2n) is 7.09. The van der Waals surface area contributed by atoms with Crippen LogP contribution < -0.4 is 4.90 Å². The van der Waals surface area contributed by atoms with Gasteiger partial charge in [-0.1, -0.05) is 12.2 Å². The monoisotopic (exact) mass is 309 g/mol. The number of carbonyl (C=O) groups is 3. The van der Waals surface area contributed by atoms with Crippen molar-refractivity contribution < 1.29 is 19.5 Å². The van der Waals surface area contributed by atoms with Crippen molar-refractivity contribution in [1.82, 2.24) is 0 Å². The molecule has 5 heteroatoms. The van der Waals surface area contributed by atoms with Crippen molar-refractivity contribution in [2.75, 3.05) is 4.90 Å². The van der Waals surface area contributed by atoms with Gasteiger partial charge in [0.2, 0.25) is 11.8 Å². The fraction of sp³-hybridized carbons (Fsp3) is 0.389. The first-order chi connectivity index (χ1) is 11.0. The lowest BCUT2D eigenvalue weighted by Gasteiger charge is -2.21. The Bertz CT molecular complexity index is 756. The predicted molar refractivity (Wildman–Crippen MR) is 80.7 cm³/mol. The van der Waals surface area contributed by atoms with Crippen LogP contribution in [0.25, 0.3) is 0 Å². The Kier molecular flexibility index (Phi) is 2.22. The maximum Gasteiger partial charge on any atom is 0.335 e. The summed E-state index contributed by atoms with van der Waals surface area (Å²) in [6.45, 7) is 0. The highest BCUT2D eigenvalue weighted by Gasteiger charge is 2.73. The molecule has 1 aromatic carbocycles. The molecule has 4 aliphatic rings. The van der Waals surface area contributed by atoms with Gasteiger partial charge in [-0.3, -0.25) is 14.5 Å². The number of carboxylic acids is 1. The minimum atomic E-state index is -1.02. The van der Waals surface area contributed by atoms with Crippen LogP contribution in [0.4, 0.5) is 5.69 Å². The normalized spacial score (nSPS) is 35.2. The summed E-state index contributed by atoms with van der Waals surface area (Å²) < 4.78 is 0. The largest absolute Gasteiger partial charge is 0.478 e. The first-order valence-electron chi connectivity index (χ1n) is 7.94. The average molecular weight is 309 g/mol. The number of rotatable bonds is 2. The zero-order valence-electron chi connectivity index (χ0n) is 12.3. The van der Waals surface area contributed by atoms with Crippen LogP contribution in [0.3, 0.4) is 0 Å². The summed E-state index contributed by atoms with van der Waals surface area (Å²) in [5, 5.41) is 8.96. The molecule has 116 valence electrons. The lowest BCUT2D eigenvalue weighted by molar-refractivity contribution is -0.123. The highest BCUT2D eigenvalue weighted by Crippen LogP contribution is 2.73. The Labute approximate surface area is 132 Å². The van der Waals surface area contributed by atoms with E-state index >= 15 is 0 Å². The standard InChI is InChI=1S/C18H15NO4/c20-15-13-11-5-6-12(18(11)7-8-18)14(13)16(21)19(15)10-3-1-9(2-4-10)17(22)23/h1-6,11-14H,7-8H2,(H,22,23)/t11-,12-,13-,14-/m1/s1. The van der Waals surface area contributed by atoms with Crippen LogP contribution in [0.15, 0.2) is 36.4 Å². The molecule has 5 nitrogen and oxygen atoms in total. The molecule has 1 heterocycles. The van der Waals surface area contributed by atoms with Gasteiger partial charge in [0, 0.05) is 0 Å². The molecule has 1 saturated heterocycles. The third-order valence-corrected chi connectivity index (χ3v) is 6.23. The van der Waals surface area contributed by atoms with E-state index in [1.165, 1.54) is 17.0 Å². The molecule has 2 bridgehead atoms. The van der Waals surface area contributed by atoms with E-state index in [-0.39, 0.29) is 46.5 Å². The van der Waals surface area contributed by atoms with E-state index in [0.717, 1.165) is 12.8 Å². The van der Waals surface area contributed by atoms with Gasteiger partial charge >= 0.3 is 5.97 Å². The van der Waals surface area contributed by atoms with Crippen molar-refractivity contribution in [1.29, 1.82) is 0 Å². The Morgan fingerprint density at radius 3 is 1.96 bits per heavy atom. The summed E-state index contributed by atoms with van der Waals surface area (Å²) >= 11 is 0. The number of nitrogens with zero attached hydrogens (tertiary/aromatic N) is 1. The number of hydrogen-bond donors (Lipinski definition) is 1. The zero-order chi connectivity index (χ0) is 15.9. The number of hydrogen-bond acceptors (Lipinski definition) is 3. The van der Waals surface area contributed by atoms with Crippen LogP contribution in [0, 0.1) is 29.1 Å². The van der Waals surface area contributed by atoms with Gasteiger partial charge in [-0.2, -0.15) is 0 Å². The molecule has 1 aromatic rings. The molecule has 5 rings (SSSR count). The van der Waals surface area contributed by atoms with Crippen molar-refractivity contribution >= 4 is 23.5 Å². The van der Waals surface area contributed by atoms with E-state index in [0.29, 0.717) is 5.69 Å². The van der Waals surface area contributed by atoms with Gasteiger partial charge in [-0.25, -0.2) is 4.79 Å². The fourth-order valence-corrected chi connectivity index (χ4v) is 5.09. The SMILES string of the molecule is O=C(O)c1ccc(N2C(=O)[C@H]3[C@H](C2=O)[C@H]2C=C[C@H]3C23CC3)cc1. The number of anilines is 1. The summed E-state index contributed by atoms with van der Waals surface area (Å²) in [4.78, 5) is 38.0. The predicted octanol–water partition coefficient (Wildman–Crippen LogP) is 2.09. The second-order valence-corrected chi connectivity index (χ2v) is 7.09. The topological polar surface area (TPSA) is 74.7 Å². The minimum Gasteiger partial charge on any atom is -0.478 e. The van der Waals surface area contributed by atoms with Crippen LogP contribution in [0.1, 0.15) is 23.2 Å². The third-order valence-electron chi connectivity index (χ3n) is 6.23. The number of benzene rings is 1. The summed E-state index contributed by atoms with van der Waals surface area (Å²) in [6.07, 6.45) is 6.52. The van der Waals surface area contributed by atoms with Crippen LogP contribution in [-0.2, 0) is 9.59 Å². The zero-order valence-corrected chi connectivity index (χ0v) is 12.3. The Morgan fingerprint density at radius 2 is 1.52 bits per heavy atom. The molecule has 1 N–H and O–H groups in total. The van der Waals surface area contributed by atoms with Crippen LogP contribution in [0.5, 0.6) is 0 Å². The molecule has 1 aliphatic heterocycles. The first kappa shape index (κ1) is 13.0. The highest BCUT2D eigenvalue weighted by atomic mass is 16.4. The number of aromatic carboxylic acids is 1. The molecule has 0 unspecified atom stereocenters. The third kappa shape index (κ3) is 1.41. The number of carboxylic acid groups (broad SMARTS) is 1. The van der Waals surface area contributed by atoms with Crippen LogP contribution in [0.2, 0.25) is 0 Å². The van der Waals surface area contributed by atoms with Gasteiger partial charge in [-0.05, 0) is 54.4 Å². The molecule has 23 heavy (non-hydrogen) atoms. The molecule has 4 atom stereocenters. The molecule has 1 spiro atoms. The van der Waals surface area contributed by atoms with Crippen LogP contribution >= 0.6 is 0 Å². The number of carbonyl (C=O) groups excluding carboxylic acids is 2. The molecule has 0 aromatic heterocycles. The average Bonchev–Trinajstić information content (AvgIpc) is 3.13. The summed E-state index contributed by atoms with van der Waals surface area (Å²) in [7, 11) is 0. The Morgan fingerprint density at radius 1 is 1.00 bits per heavy atom. The number of amides is 2. The van der Waals surface area contributed by atoms with Crippen molar-refractivity contribution in [3.8, 4) is 0 Å². The summed E-state index contributed by atoms with van der Waals surface area (Å²) in [6, 6.07) is 5.95. The van der Waals surface area contributed by atoms with Gasteiger partial charge in [0.25, 0.3) is 0 Å². The first-order valence-corrected chi connectivity index (χ1v) is 7.94. The van der Waals surface area contributed by atoms with E-state index in [4.69, 9.17) is 5.11 Å². The number of allylic oxidation sites excluding steroid dienone is 2. The van der Waals surface area contributed by atoms with Gasteiger partial charge in [-0.15, -0.1) is 0 Å². The Hall–Kier alpha value is -2.43. The lowest BCUT2D eigenvalue weighted by Crippen LogP contribution is -2.34. The summed E-state index contributed by atoms with van der Waals surface area (Å²) in [5.74, 6) is -1.30. The van der Waals surface area contributed by atoms with Gasteiger partial charge < -0.3 is 5.11 Å². The minimum absolute atomic E-state index is 0.119. The van der Waals surface area contributed by atoms with Gasteiger partial charge in [0.1, 0.15) is 0 Å². The maximum atomic E-state index is 12.9. The maximum absolute atomic E-state index is 12.9. The van der Waals surface area contributed by atoms with E-state index < -0.39 is 5.97 Å². The molecule has 2 amide bonds. The molecular weight excluding hydrogens is 294 g/mol. The van der Waals surface area contributed by atoms with E-state index in [1.54, 1.807) is 12.1 Å². The molecule has 3 fully saturated rings. The smallest absolute Gasteiger partial charge is 0.335 e. The number of imide groups is 1. The number of fused-ring (bicyclic) bond motifs is 3. The van der Waals surface area contributed by atoms with Gasteiger partial charge in [0.05, 0.1) is 23.1 Å². The fourth-order valence-electron chi connectivity index (χ4n) is 5.09. The molecule has 0 radical (unpaired) electrons. The molecule has 2 saturated carbocycles. The highest BCUT2D eigenvalue weighted by molar-refractivity contribution is 6.23. The van der Waals surface area contributed by atoms with Crippen molar-refractivity contribution in [2.45, 2.75) is 12.8 Å².